The van der Waals surface area contributed by atoms with Crippen LogP contribution in [0.5, 0.6) is 0 Å². The van der Waals surface area contributed by atoms with Gasteiger partial charge in [-0.3, -0.25) is 4.79 Å². The molecule has 0 fully saturated rings. The average molecular weight is 335 g/mol. The summed E-state index contributed by atoms with van der Waals surface area (Å²) in [4.78, 5) is 11.9. The molecule has 0 spiro atoms. The van der Waals surface area contributed by atoms with E-state index in [1.54, 1.807) is 0 Å². The number of aldehydes is 1. The number of rotatable bonds is 8. The summed E-state index contributed by atoms with van der Waals surface area (Å²) < 4.78 is 5.65. The number of allylic oxidation sites excluding steroid dienone is 5. The van der Waals surface area contributed by atoms with Crippen LogP contribution in [-0.4, -0.2) is 26.0 Å². The lowest BCUT2D eigenvalue weighted by Gasteiger charge is -2.35. The first kappa shape index (κ1) is 20.7. The molecule has 1 rings (SSSR count). The summed E-state index contributed by atoms with van der Waals surface area (Å²) in [5.74, 6) is 0.352. The van der Waals surface area contributed by atoms with Gasteiger partial charge in [0.2, 0.25) is 0 Å². The number of nitrogens with two attached hydrogens (primary N) is 1. The first-order valence-electron chi connectivity index (χ1n) is 8.80. The highest BCUT2D eigenvalue weighted by Crippen LogP contribution is 2.38. The van der Waals surface area contributed by atoms with Crippen LogP contribution in [0.4, 0.5) is 0 Å². The first-order valence-corrected chi connectivity index (χ1v) is 8.80. The molecule has 0 bridgehead atoms. The zero-order valence-corrected chi connectivity index (χ0v) is 16.1. The van der Waals surface area contributed by atoms with Crippen molar-refractivity contribution in [1.29, 1.82) is 0 Å². The molecule has 0 aliphatic carbocycles. The largest absolute Gasteiger partial charge is 0.374 e. The zero-order valence-electron chi connectivity index (χ0n) is 16.1. The molecule has 3 N–H and O–H groups in total. The third-order valence-corrected chi connectivity index (χ3v) is 4.29. The van der Waals surface area contributed by atoms with Gasteiger partial charge in [-0.2, -0.15) is 0 Å². The smallest absolute Gasteiger partial charge is 0.148 e. The molecule has 0 aromatic heterocycles. The summed E-state index contributed by atoms with van der Waals surface area (Å²) in [6.07, 6.45) is 6.07. The van der Waals surface area contributed by atoms with Gasteiger partial charge in [0.05, 0.1) is 13.2 Å². The van der Waals surface area contributed by atoms with Crippen LogP contribution in [0.15, 0.2) is 34.7 Å². The van der Waals surface area contributed by atoms with E-state index in [4.69, 9.17) is 10.5 Å². The van der Waals surface area contributed by atoms with Crippen LogP contribution in [0.3, 0.4) is 0 Å². The summed E-state index contributed by atoms with van der Waals surface area (Å²) >= 11 is 0. The third-order valence-electron chi connectivity index (χ3n) is 4.29. The first-order chi connectivity index (χ1) is 11.2. The summed E-state index contributed by atoms with van der Waals surface area (Å²) in [7, 11) is 0. The summed E-state index contributed by atoms with van der Waals surface area (Å²) in [5, 5.41) is 3.48. The van der Waals surface area contributed by atoms with Crippen LogP contribution in [0.1, 0.15) is 48.0 Å². The molecule has 4 nitrogen and oxygen atoms in total. The molecule has 2 atom stereocenters. The van der Waals surface area contributed by atoms with Crippen LogP contribution in [0.25, 0.3) is 0 Å². The molecule has 2 unspecified atom stereocenters. The minimum Gasteiger partial charge on any atom is -0.374 e. The maximum atomic E-state index is 11.9. The average Bonchev–Trinajstić information content (AvgIpc) is 2.48. The zero-order chi connectivity index (χ0) is 18.3. The molecule has 24 heavy (non-hydrogen) atoms. The monoisotopic (exact) mass is 334 g/mol. The number of dihydropyridines is 1. The molecule has 1 aliphatic heterocycles. The van der Waals surface area contributed by atoms with Gasteiger partial charge in [0, 0.05) is 29.4 Å². The molecule has 0 radical (unpaired) electrons. The van der Waals surface area contributed by atoms with Crippen molar-refractivity contribution in [2.45, 2.75) is 48.0 Å². The Balaban J connectivity index is 3.24. The van der Waals surface area contributed by atoms with Crippen molar-refractivity contribution in [2.24, 2.45) is 23.0 Å². The lowest BCUT2D eigenvalue weighted by atomic mass is 9.76. The van der Waals surface area contributed by atoms with Gasteiger partial charge in [-0.25, -0.2) is 0 Å². The maximum absolute atomic E-state index is 11.9. The van der Waals surface area contributed by atoms with E-state index in [0.29, 0.717) is 19.8 Å². The predicted molar refractivity (Wildman–Crippen MR) is 100 cm³/mol. The maximum Gasteiger partial charge on any atom is 0.148 e. The number of hydrogen-bond donors (Lipinski definition) is 2. The molecule has 1 heterocycles. The van der Waals surface area contributed by atoms with Crippen molar-refractivity contribution in [1.82, 2.24) is 5.32 Å². The normalized spacial score (nSPS) is 20.5. The molecule has 1 aliphatic rings. The van der Waals surface area contributed by atoms with E-state index in [2.05, 4.69) is 52.1 Å². The Bertz CT molecular complexity index is 524. The van der Waals surface area contributed by atoms with Crippen molar-refractivity contribution in [3.05, 3.63) is 34.7 Å². The lowest BCUT2D eigenvalue weighted by Crippen LogP contribution is -2.34. The number of ether oxygens (including phenoxy) is 1. The standard InChI is InChI=1S/C20H34N2O2/c1-7-8-14(2)19-15(3)18(13-24-10-9-21)22-17(16(19)12-23)11-20(4,5)6/h7-8,12,14,19,22H,9-11,13,21H2,1-6H3/b8-7-. The van der Waals surface area contributed by atoms with Crippen LogP contribution < -0.4 is 11.1 Å². The molecule has 0 saturated heterocycles. The lowest BCUT2D eigenvalue weighted by molar-refractivity contribution is -0.105. The minimum atomic E-state index is 0.0915. The van der Waals surface area contributed by atoms with E-state index in [0.717, 1.165) is 29.7 Å². The van der Waals surface area contributed by atoms with Crippen LogP contribution in [0.2, 0.25) is 0 Å². The van der Waals surface area contributed by atoms with E-state index in [-0.39, 0.29) is 17.3 Å². The van der Waals surface area contributed by atoms with Crippen molar-refractivity contribution in [3.63, 3.8) is 0 Å². The molecular formula is C20H34N2O2. The Hall–Kier alpha value is -1.39. The van der Waals surface area contributed by atoms with Crippen molar-refractivity contribution >= 4 is 6.29 Å². The van der Waals surface area contributed by atoms with Gasteiger partial charge in [-0.1, -0.05) is 39.8 Å². The van der Waals surface area contributed by atoms with Gasteiger partial charge in [-0.05, 0) is 37.2 Å². The summed E-state index contributed by atoms with van der Waals surface area (Å²) in [6, 6.07) is 0. The van der Waals surface area contributed by atoms with Gasteiger partial charge in [-0.15, -0.1) is 0 Å². The quantitative estimate of drug-likeness (QED) is 0.405. The van der Waals surface area contributed by atoms with Gasteiger partial charge in [0.15, 0.2) is 0 Å². The Morgan fingerprint density at radius 1 is 1.33 bits per heavy atom. The molecule has 0 saturated carbocycles. The van der Waals surface area contributed by atoms with Gasteiger partial charge >= 0.3 is 0 Å². The van der Waals surface area contributed by atoms with Crippen molar-refractivity contribution < 1.29 is 9.53 Å². The van der Waals surface area contributed by atoms with Crippen LogP contribution in [0, 0.1) is 17.3 Å². The third kappa shape index (κ3) is 5.60. The van der Waals surface area contributed by atoms with Crippen molar-refractivity contribution in [2.75, 3.05) is 19.8 Å². The highest BCUT2D eigenvalue weighted by Gasteiger charge is 2.32. The fourth-order valence-corrected chi connectivity index (χ4v) is 3.28. The SMILES string of the molecule is C/C=C\C(C)C1C(C)=C(COCCN)NC(CC(C)(C)C)=C1C=O. The molecular weight excluding hydrogens is 300 g/mol. The second kappa shape index (κ2) is 9.19. The van der Waals surface area contributed by atoms with Crippen molar-refractivity contribution in [3.8, 4) is 0 Å². The van der Waals surface area contributed by atoms with E-state index in [1.165, 1.54) is 5.57 Å². The number of hydrogen-bond acceptors (Lipinski definition) is 4. The fourth-order valence-electron chi connectivity index (χ4n) is 3.28. The fraction of sp³-hybridized carbons (Fsp3) is 0.650. The molecule has 0 aromatic rings. The topological polar surface area (TPSA) is 64.3 Å². The number of carbonyl (C=O) groups excluding carboxylic acids is 1. The second-order valence-corrected chi connectivity index (χ2v) is 7.78. The minimum absolute atomic E-state index is 0.0915. The van der Waals surface area contributed by atoms with Gasteiger partial charge < -0.3 is 15.8 Å². The molecule has 0 amide bonds. The van der Waals surface area contributed by atoms with Gasteiger partial charge in [0.25, 0.3) is 0 Å². The Morgan fingerprint density at radius 2 is 2.00 bits per heavy atom. The van der Waals surface area contributed by atoms with Gasteiger partial charge in [0.1, 0.15) is 6.29 Å². The highest BCUT2D eigenvalue weighted by molar-refractivity contribution is 5.77. The molecule has 136 valence electrons. The van der Waals surface area contributed by atoms with E-state index in [1.807, 2.05) is 6.92 Å². The Morgan fingerprint density at radius 3 is 2.50 bits per heavy atom. The van der Waals surface area contributed by atoms with E-state index in [9.17, 15) is 4.79 Å². The molecule has 4 heteroatoms. The molecule has 0 aromatic carbocycles. The van der Waals surface area contributed by atoms with E-state index < -0.39 is 0 Å². The van der Waals surface area contributed by atoms with Crippen LogP contribution >= 0.6 is 0 Å². The summed E-state index contributed by atoms with van der Waals surface area (Å²) in [5.41, 5.74) is 9.76. The highest BCUT2D eigenvalue weighted by atomic mass is 16.5. The van der Waals surface area contributed by atoms with E-state index >= 15 is 0 Å². The number of nitrogens with one attached hydrogen (secondary N) is 1. The second-order valence-electron chi connectivity index (χ2n) is 7.78. The summed E-state index contributed by atoms with van der Waals surface area (Å²) in [6.45, 7) is 14.4. The number of carbonyl (C=O) groups is 1. The van der Waals surface area contributed by atoms with Crippen LogP contribution in [-0.2, 0) is 9.53 Å². The Kier molecular flexibility index (Phi) is 7.91. The Labute approximate surface area is 147 Å². The predicted octanol–water partition coefficient (Wildman–Crippen LogP) is 3.56.